The zero-order valence-electron chi connectivity index (χ0n) is 15.2. The minimum Gasteiger partial charge on any atom is -0.376 e. The van der Waals surface area contributed by atoms with E-state index >= 15 is 0 Å². The van der Waals surface area contributed by atoms with Gasteiger partial charge in [-0.15, -0.1) is 0 Å². The van der Waals surface area contributed by atoms with Crippen molar-refractivity contribution in [2.75, 3.05) is 19.9 Å². The van der Waals surface area contributed by atoms with Crippen molar-refractivity contribution in [3.8, 4) is 0 Å². The highest BCUT2D eigenvalue weighted by Gasteiger charge is 2.21. The number of carbonyl (C=O) groups is 1. The van der Waals surface area contributed by atoms with Crippen LogP contribution < -0.4 is 5.32 Å². The maximum Gasteiger partial charge on any atom is 0.136 e. The number of hydrogen-bond donors (Lipinski definition) is 1. The third-order valence-electron chi connectivity index (χ3n) is 4.57. The molecule has 0 aromatic carbocycles. The van der Waals surface area contributed by atoms with Crippen LogP contribution in [0.5, 0.6) is 0 Å². The number of hydrogen-bond acceptors (Lipinski definition) is 4. The normalized spacial score (nSPS) is 22.3. The van der Waals surface area contributed by atoms with E-state index in [4.69, 9.17) is 9.47 Å². The Hall–Kier alpha value is -0.450. The van der Waals surface area contributed by atoms with Crippen LogP contribution in [0.1, 0.15) is 78.1 Å². The Balaban J connectivity index is 1.90. The van der Waals surface area contributed by atoms with E-state index in [1.165, 1.54) is 44.9 Å². The number of rotatable bonds is 15. The second-order valence-electron chi connectivity index (χ2n) is 7.02. The maximum atomic E-state index is 11.1. The van der Waals surface area contributed by atoms with Crippen molar-refractivity contribution in [2.24, 2.45) is 5.92 Å². The van der Waals surface area contributed by atoms with Crippen LogP contribution in [0.4, 0.5) is 0 Å². The molecule has 136 valence electrons. The van der Waals surface area contributed by atoms with E-state index in [0.717, 1.165) is 32.2 Å². The molecule has 1 heterocycles. The van der Waals surface area contributed by atoms with Gasteiger partial charge in [0.05, 0.1) is 25.5 Å². The highest BCUT2D eigenvalue weighted by atomic mass is 16.5. The molecule has 1 aliphatic heterocycles. The lowest BCUT2D eigenvalue weighted by Crippen LogP contribution is -2.33. The second kappa shape index (κ2) is 13.9. The SMILES string of the molecule is CCCCCCCCCCC(C=O)NCOCC1CC(C)CO1. The summed E-state index contributed by atoms with van der Waals surface area (Å²) in [5, 5.41) is 3.18. The number of ether oxygens (including phenoxy) is 2. The molecule has 1 saturated heterocycles. The predicted molar refractivity (Wildman–Crippen MR) is 94.6 cm³/mol. The molecule has 1 aliphatic rings. The molecule has 0 aromatic heterocycles. The summed E-state index contributed by atoms with van der Waals surface area (Å²) in [6.07, 6.45) is 13.6. The molecule has 0 amide bonds. The van der Waals surface area contributed by atoms with E-state index in [2.05, 4.69) is 19.2 Å². The van der Waals surface area contributed by atoms with Gasteiger partial charge >= 0.3 is 0 Å². The Labute approximate surface area is 142 Å². The summed E-state index contributed by atoms with van der Waals surface area (Å²) in [5.74, 6) is 0.640. The third-order valence-corrected chi connectivity index (χ3v) is 4.57. The summed E-state index contributed by atoms with van der Waals surface area (Å²) in [7, 11) is 0. The Morgan fingerprint density at radius 3 is 2.48 bits per heavy atom. The van der Waals surface area contributed by atoms with E-state index in [1.807, 2.05) is 0 Å². The molecule has 1 rings (SSSR count). The number of nitrogens with one attached hydrogen (secondary N) is 1. The fraction of sp³-hybridized carbons (Fsp3) is 0.947. The van der Waals surface area contributed by atoms with E-state index in [-0.39, 0.29) is 12.1 Å². The lowest BCUT2D eigenvalue weighted by atomic mass is 10.1. The lowest BCUT2D eigenvalue weighted by Gasteiger charge is -2.14. The summed E-state index contributed by atoms with van der Waals surface area (Å²) in [6, 6.07) is -0.0708. The molecule has 0 saturated carbocycles. The third kappa shape index (κ3) is 10.9. The van der Waals surface area contributed by atoms with Crippen molar-refractivity contribution in [2.45, 2.75) is 90.2 Å². The van der Waals surface area contributed by atoms with Crippen LogP contribution in [-0.4, -0.2) is 38.4 Å². The van der Waals surface area contributed by atoms with Gasteiger partial charge in [0.1, 0.15) is 6.29 Å². The van der Waals surface area contributed by atoms with E-state index < -0.39 is 0 Å². The van der Waals surface area contributed by atoms with Crippen LogP contribution in [0.2, 0.25) is 0 Å². The van der Waals surface area contributed by atoms with E-state index in [9.17, 15) is 4.79 Å². The van der Waals surface area contributed by atoms with Crippen LogP contribution in [0.25, 0.3) is 0 Å². The molecule has 0 spiro atoms. The van der Waals surface area contributed by atoms with Gasteiger partial charge in [-0.25, -0.2) is 0 Å². The van der Waals surface area contributed by atoms with E-state index in [0.29, 0.717) is 19.3 Å². The monoisotopic (exact) mass is 327 g/mol. The average Bonchev–Trinajstić information content (AvgIpc) is 2.97. The molecule has 4 heteroatoms. The smallest absolute Gasteiger partial charge is 0.136 e. The fourth-order valence-electron chi connectivity index (χ4n) is 3.07. The van der Waals surface area contributed by atoms with Crippen molar-refractivity contribution >= 4 is 6.29 Å². The van der Waals surface area contributed by atoms with Gasteiger partial charge in [-0.1, -0.05) is 65.2 Å². The van der Waals surface area contributed by atoms with Crippen molar-refractivity contribution < 1.29 is 14.3 Å². The molecule has 4 nitrogen and oxygen atoms in total. The van der Waals surface area contributed by atoms with Crippen molar-refractivity contribution in [1.82, 2.24) is 5.32 Å². The van der Waals surface area contributed by atoms with Gasteiger partial charge in [0.25, 0.3) is 0 Å². The summed E-state index contributed by atoms with van der Waals surface area (Å²) in [5.41, 5.74) is 0. The van der Waals surface area contributed by atoms with Gasteiger partial charge in [-0.2, -0.15) is 0 Å². The first-order chi connectivity index (χ1) is 11.3. The zero-order valence-corrected chi connectivity index (χ0v) is 15.2. The van der Waals surface area contributed by atoms with Gasteiger partial charge < -0.3 is 14.3 Å². The first kappa shape index (κ1) is 20.6. The summed E-state index contributed by atoms with van der Waals surface area (Å²) < 4.78 is 11.2. The molecule has 0 aliphatic carbocycles. The molecule has 23 heavy (non-hydrogen) atoms. The molecule has 1 fully saturated rings. The van der Waals surface area contributed by atoms with Crippen LogP contribution in [-0.2, 0) is 14.3 Å². The molecular formula is C19H37NO3. The van der Waals surface area contributed by atoms with Crippen LogP contribution in [0.15, 0.2) is 0 Å². The Morgan fingerprint density at radius 2 is 1.87 bits per heavy atom. The number of carbonyl (C=O) groups excluding carboxylic acids is 1. The number of aldehydes is 1. The maximum absolute atomic E-state index is 11.1. The Morgan fingerprint density at radius 1 is 1.17 bits per heavy atom. The largest absolute Gasteiger partial charge is 0.376 e. The summed E-state index contributed by atoms with van der Waals surface area (Å²) in [4.78, 5) is 11.1. The van der Waals surface area contributed by atoms with Gasteiger partial charge in [0.2, 0.25) is 0 Å². The molecule has 0 bridgehead atoms. The first-order valence-electron chi connectivity index (χ1n) is 9.64. The second-order valence-corrected chi connectivity index (χ2v) is 7.02. The van der Waals surface area contributed by atoms with E-state index in [1.54, 1.807) is 0 Å². The molecule has 3 unspecified atom stereocenters. The Bertz CT molecular complexity index is 286. The van der Waals surface area contributed by atoms with Crippen molar-refractivity contribution in [3.05, 3.63) is 0 Å². The quantitative estimate of drug-likeness (QED) is 0.280. The first-order valence-corrected chi connectivity index (χ1v) is 9.64. The summed E-state index contributed by atoms with van der Waals surface area (Å²) >= 11 is 0. The minimum absolute atomic E-state index is 0.0708. The average molecular weight is 328 g/mol. The molecular weight excluding hydrogens is 290 g/mol. The van der Waals surface area contributed by atoms with Gasteiger partial charge in [0.15, 0.2) is 0 Å². The number of unbranched alkanes of at least 4 members (excludes halogenated alkanes) is 7. The standard InChI is InChI=1S/C19H37NO3/c1-3-4-5-6-7-8-9-10-11-18(13-21)20-16-22-15-19-12-17(2)14-23-19/h13,17-20H,3-12,14-16H2,1-2H3. The van der Waals surface area contributed by atoms with Crippen molar-refractivity contribution in [1.29, 1.82) is 0 Å². The van der Waals surface area contributed by atoms with Gasteiger partial charge in [-0.05, 0) is 18.8 Å². The van der Waals surface area contributed by atoms with Crippen molar-refractivity contribution in [3.63, 3.8) is 0 Å². The minimum atomic E-state index is -0.0708. The van der Waals surface area contributed by atoms with Gasteiger partial charge in [0, 0.05) is 6.61 Å². The van der Waals surface area contributed by atoms with Crippen LogP contribution in [0.3, 0.4) is 0 Å². The molecule has 0 aromatic rings. The van der Waals surface area contributed by atoms with Gasteiger partial charge in [-0.3, -0.25) is 5.32 Å². The molecule has 3 atom stereocenters. The lowest BCUT2D eigenvalue weighted by molar-refractivity contribution is -0.110. The van der Waals surface area contributed by atoms with Crippen LogP contribution in [0, 0.1) is 5.92 Å². The molecule has 0 radical (unpaired) electrons. The molecule has 1 N–H and O–H groups in total. The fourth-order valence-corrected chi connectivity index (χ4v) is 3.07. The highest BCUT2D eigenvalue weighted by molar-refractivity contribution is 5.57. The van der Waals surface area contributed by atoms with Crippen LogP contribution >= 0.6 is 0 Å². The zero-order chi connectivity index (χ0) is 16.8. The predicted octanol–water partition coefficient (Wildman–Crippen LogP) is 4.07. The Kier molecular flexibility index (Phi) is 12.5. The summed E-state index contributed by atoms with van der Waals surface area (Å²) in [6.45, 7) is 6.36. The highest BCUT2D eigenvalue weighted by Crippen LogP contribution is 2.18. The topological polar surface area (TPSA) is 47.6 Å².